The number of aryl methyl sites for hydroxylation is 1. The van der Waals surface area contributed by atoms with Crippen LogP contribution in [0.15, 0.2) is 45.6 Å². The SMILES string of the molecule is CCc1cc2c(CNc3ccc(F)c(F)c3)cc(=O)oc2cc1O. The Balaban J connectivity index is 1.98. The van der Waals surface area contributed by atoms with Crippen molar-refractivity contribution in [2.45, 2.75) is 19.9 Å². The molecule has 0 spiro atoms. The van der Waals surface area contributed by atoms with Crippen molar-refractivity contribution in [1.29, 1.82) is 0 Å². The fourth-order valence-corrected chi connectivity index (χ4v) is 2.54. The van der Waals surface area contributed by atoms with Crippen molar-refractivity contribution >= 4 is 16.7 Å². The molecule has 2 N–H and O–H groups in total. The molecule has 0 radical (unpaired) electrons. The second-order valence-electron chi connectivity index (χ2n) is 5.40. The van der Waals surface area contributed by atoms with Crippen LogP contribution in [0, 0.1) is 11.6 Å². The summed E-state index contributed by atoms with van der Waals surface area (Å²) in [6.07, 6.45) is 0.622. The van der Waals surface area contributed by atoms with Crippen LogP contribution in [0.25, 0.3) is 11.0 Å². The van der Waals surface area contributed by atoms with Gasteiger partial charge >= 0.3 is 5.63 Å². The Hall–Kier alpha value is -2.89. The molecule has 1 heterocycles. The molecule has 0 saturated heterocycles. The first-order valence-electron chi connectivity index (χ1n) is 7.45. The third-order valence-electron chi connectivity index (χ3n) is 3.81. The Bertz CT molecular complexity index is 966. The van der Waals surface area contributed by atoms with Gasteiger partial charge in [0.1, 0.15) is 11.3 Å². The van der Waals surface area contributed by atoms with E-state index in [1.807, 2.05) is 6.92 Å². The number of anilines is 1. The summed E-state index contributed by atoms with van der Waals surface area (Å²) >= 11 is 0. The van der Waals surface area contributed by atoms with Gasteiger partial charge in [0.05, 0.1) is 0 Å². The molecule has 3 rings (SSSR count). The smallest absolute Gasteiger partial charge is 0.336 e. The molecular formula is C18H15F2NO3. The van der Waals surface area contributed by atoms with Crippen molar-refractivity contribution in [2.75, 3.05) is 5.32 Å². The van der Waals surface area contributed by atoms with Crippen LogP contribution in [0.5, 0.6) is 5.75 Å². The average molecular weight is 331 g/mol. The molecule has 6 heteroatoms. The lowest BCUT2D eigenvalue weighted by Crippen LogP contribution is -2.06. The van der Waals surface area contributed by atoms with E-state index in [0.29, 0.717) is 23.1 Å². The van der Waals surface area contributed by atoms with Gasteiger partial charge in [0.2, 0.25) is 0 Å². The highest BCUT2D eigenvalue weighted by atomic mass is 19.2. The maximum Gasteiger partial charge on any atom is 0.336 e. The Morgan fingerprint density at radius 2 is 1.88 bits per heavy atom. The third kappa shape index (κ3) is 3.08. The number of rotatable bonds is 4. The first kappa shape index (κ1) is 16.0. The Morgan fingerprint density at radius 1 is 1.08 bits per heavy atom. The van der Waals surface area contributed by atoms with E-state index in [1.54, 1.807) is 6.07 Å². The zero-order valence-corrected chi connectivity index (χ0v) is 12.9. The molecule has 0 unspecified atom stereocenters. The second-order valence-corrected chi connectivity index (χ2v) is 5.40. The van der Waals surface area contributed by atoms with Crippen LogP contribution < -0.4 is 10.9 Å². The van der Waals surface area contributed by atoms with E-state index >= 15 is 0 Å². The Morgan fingerprint density at radius 3 is 2.58 bits per heavy atom. The number of benzene rings is 2. The minimum Gasteiger partial charge on any atom is -0.508 e. The summed E-state index contributed by atoms with van der Waals surface area (Å²) in [6, 6.07) is 8.00. The van der Waals surface area contributed by atoms with E-state index in [4.69, 9.17) is 4.42 Å². The predicted octanol–water partition coefficient (Wildman–Crippen LogP) is 3.95. The Kier molecular flexibility index (Phi) is 4.20. The quantitative estimate of drug-likeness (QED) is 0.711. The largest absolute Gasteiger partial charge is 0.508 e. The lowest BCUT2D eigenvalue weighted by Gasteiger charge is -2.10. The second kappa shape index (κ2) is 6.31. The summed E-state index contributed by atoms with van der Waals surface area (Å²) in [7, 11) is 0. The molecule has 1 aromatic heterocycles. The third-order valence-corrected chi connectivity index (χ3v) is 3.81. The molecule has 0 fully saturated rings. The average Bonchev–Trinajstić information content (AvgIpc) is 2.55. The summed E-state index contributed by atoms with van der Waals surface area (Å²) in [4.78, 5) is 11.7. The maximum absolute atomic E-state index is 13.3. The number of hydrogen-bond donors (Lipinski definition) is 2. The zero-order valence-electron chi connectivity index (χ0n) is 12.9. The first-order chi connectivity index (χ1) is 11.5. The fraction of sp³-hybridized carbons (Fsp3) is 0.167. The van der Waals surface area contributed by atoms with Gasteiger partial charge in [-0.15, -0.1) is 0 Å². The van der Waals surface area contributed by atoms with E-state index in [2.05, 4.69) is 5.32 Å². The van der Waals surface area contributed by atoms with Crippen LogP contribution in [0.1, 0.15) is 18.1 Å². The summed E-state index contributed by atoms with van der Waals surface area (Å²) in [5.41, 5.74) is 1.49. The van der Waals surface area contributed by atoms with Gasteiger partial charge in [-0.3, -0.25) is 0 Å². The van der Waals surface area contributed by atoms with Crippen molar-refractivity contribution in [1.82, 2.24) is 0 Å². The van der Waals surface area contributed by atoms with Gasteiger partial charge in [-0.1, -0.05) is 6.92 Å². The van der Waals surface area contributed by atoms with Gasteiger partial charge in [-0.25, -0.2) is 13.6 Å². The molecule has 0 aliphatic carbocycles. The maximum atomic E-state index is 13.3. The fourth-order valence-electron chi connectivity index (χ4n) is 2.54. The van der Waals surface area contributed by atoms with Crippen molar-refractivity contribution < 1.29 is 18.3 Å². The van der Waals surface area contributed by atoms with Crippen molar-refractivity contribution in [3.05, 3.63) is 69.6 Å². The van der Waals surface area contributed by atoms with E-state index in [0.717, 1.165) is 17.7 Å². The molecule has 2 aromatic carbocycles. The molecule has 0 aliphatic heterocycles. The molecule has 0 saturated carbocycles. The molecule has 0 atom stereocenters. The lowest BCUT2D eigenvalue weighted by molar-refractivity contribution is 0.466. The van der Waals surface area contributed by atoms with E-state index in [-0.39, 0.29) is 17.9 Å². The standard InChI is InChI=1S/C18H15F2NO3/c1-2-10-5-13-11(6-18(23)24-17(13)8-16(10)22)9-21-12-3-4-14(19)15(20)7-12/h3-8,21-22H,2,9H2,1H3. The van der Waals surface area contributed by atoms with E-state index < -0.39 is 17.3 Å². The van der Waals surface area contributed by atoms with Crippen LogP contribution in [-0.4, -0.2) is 5.11 Å². The highest BCUT2D eigenvalue weighted by Gasteiger charge is 2.10. The molecule has 124 valence electrons. The van der Waals surface area contributed by atoms with Gasteiger partial charge in [0.15, 0.2) is 11.6 Å². The number of fused-ring (bicyclic) bond motifs is 1. The highest BCUT2D eigenvalue weighted by molar-refractivity contribution is 5.83. The topological polar surface area (TPSA) is 62.5 Å². The van der Waals surface area contributed by atoms with Gasteiger partial charge in [0.25, 0.3) is 0 Å². The molecule has 0 amide bonds. The normalized spacial score (nSPS) is 11.0. The highest BCUT2D eigenvalue weighted by Crippen LogP contribution is 2.27. The molecule has 24 heavy (non-hydrogen) atoms. The van der Waals surface area contributed by atoms with Gasteiger partial charge < -0.3 is 14.8 Å². The molecule has 3 aromatic rings. The van der Waals surface area contributed by atoms with Crippen LogP contribution in [0.4, 0.5) is 14.5 Å². The van der Waals surface area contributed by atoms with Crippen molar-refractivity contribution in [3.63, 3.8) is 0 Å². The number of nitrogens with one attached hydrogen (secondary N) is 1. The molecule has 0 bridgehead atoms. The van der Waals surface area contributed by atoms with E-state index in [9.17, 15) is 18.7 Å². The van der Waals surface area contributed by atoms with Crippen LogP contribution in [0.3, 0.4) is 0 Å². The number of aromatic hydroxyl groups is 1. The first-order valence-corrected chi connectivity index (χ1v) is 7.45. The zero-order chi connectivity index (χ0) is 17.3. The van der Waals surface area contributed by atoms with Gasteiger partial charge in [-0.05, 0) is 35.7 Å². The predicted molar refractivity (Wildman–Crippen MR) is 87.2 cm³/mol. The molecule has 0 aliphatic rings. The van der Waals surface area contributed by atoms with Crippen LogP contribution in [-0.2, 0) is 13.0 Å². The van der Waals surface area contributed by atoms with Crippen LogP contribution in [0.2, 0.25) is 0 Å². The van der Waals surface area contributed by atoms with Crippen molar-refractivity contribution in [2.24, 2.45) is 0 Å². The molecule has 4 nitrogen and oxygen atoms in total. The van der Waals surface area contributed by atoms with Crippen LogP contribution >= 0.6 is 0 Å². The van der Waals surface area contributed by atoms with Crippen molar-refractivity contribution in [3.8, 4) is 5.75 Å². The summed E-state index contributed by atoms with van der Waals surface area (Å²) in [5.74, 6) is -1.80. The minimum atomic E-state index is -0.948. The monoisotopic (exact) mass is 331 g/mol. The summed E-state index contributed by atoms with van der Waals surface area (Å²) in [6.45, 7) is 2.13. The number of phenols is 1. The summed E-state index contributed by atoms with van der Waals surface area (Å²) in [5, 5.41) is 13.5. The Labute approximate surface area is 136 Å². The number of phenolic OH excluding ortho intramolecular Hbond substituents is 1. The van der Waals surface area contributed by atoms with Gasteiger partial charge in [-0.2, -0.15) is 0 Å². The van der Waals surface area contributed by atoms with Gasteiger partial charge in [0, 0.05) is 35.8 Å². The minimum absolute atomic E-state index is 0.0684. The molecular weight excluding hydrogens is 316 g/mol. The summed E-state index contributed by atoms with van der Waals surface area (Å²) < 4.78 is 31.3. The number of hydrogen-bond acceptors (Lipinski definition) is 4. The van der Waals surface area contributed by atoms with E-state index in [1.165, 1.54) is 18.2 Å². The number of halogens is 2. The lowest BCUT2D eigenvalue weighted by atomic mass is 10.0.